The molecule has 0 unspecified atom stereocenters. The number of hydrogen-bond acceptors (Lipinski definition) is 5. The van der Waals surface area contributed by atoms with Gasteiger partial charge in [-0.15, -0.1) is 0 Å². The zero-order chi connectivity index (χ0) is 18.6. The molecule has 0 fully saturated rings. The van der Waals surface area contributed by atoms with Crippen molar-refractivity contribution < 1.29 is 19.2 Å². The van der Waals surface area contributed by atoms with Crippen molar-refractivity contribution in [2.45, 2.75) is 13.8 Å². The van der Waals surface area contributed by atoms with Gasteiger partial charge in [0.1, 0.15) is 0 Å². The van der Waals surface area contributed by atoms with Crippen molar-refractivity contribution in [2.75, 3.05) is 19.0 Å². The van der Waals surface area contributed by atoms with E-state index in [2.05, 4.69) is 5.32 Å². The van der Waals surface area contributed by atoms with Crippen LogP contribution in [0.1, 0.15) is 22.8 Å². The summed E-state index contributed by atoms with van der Waals surface area (Å²) in [5.74, 6) is 0.219. The lowest BCUT2D eigenvalue weighted by atomic mass is 10.1. The van der Waals surface area contributed by atoms with E-state index in [1.165, 1.54) is 31.4 Å². The van der Waals surface area contributed by atoms with Gasteiger partial charge in [-0.2, -0.15) is 0 Å². The van der Waals surface area contributed by atoms with Gasteiger partial charge in [0, 0.05) is 17.7 Å². The summed E-state index contributed by atoms with van der Waals surface area (Å²) in [5.41, 5.74) is 1.19. The van der Waals surface area contributed by atoms with Gasteiger partial charge in [0.2, 0.25) is 0 Å². The fourth-order valence-electron chi connectivity index (χ4n) is 2.19. The van der Waals surface area contributed by atoms with E-state index in [0.29, 0.717) is 29.4 Å². The van der Waals surface area contributed by atoms with E-state index in [-0.39, 0.29) is 16.3 Å². The van der Waals surface area contributed by atoms with Crippen LogP contribution in [0.2, 0.25) is 5.02 Å². The minimum Gasteiger partial charge on any atom is -0.493 e. The number of hydrogen-bond donors (Lipinski definition) is 1. The number of amides is 1. The third-order valence-corrected chi connectivity index (χ3v) is 3.74. The predicted octanol–water partition coefficient (Wildman–Crippen LogP) is 4.22. The van der Waals surface area contributed by atoms with Crippen molar-refractivity contribution in [3.05, 3.63) is 56.6 Å². The minimum atomic E-state index is -0.522. The van der Waals surface area contributed by atoms with Crippen LogP contribution in [0.15, 0.2) is 30.3 Å². The molecular formula is C17H17ClN2O5. The Morgan fingerprint density at radius 3 is 2.64 bits per heavy atom. The van der Waals surface area contributed by atoms with Crippen LogP contribution >= 0.6 is 11.6 Å². The van der Waals surface area contributed by atoms with Crippen LogP contribution in [0, 0.1) is 17.0 Å². The Balaban J connectivity index is 2.34. The second-order valence-corrected chi connectivity index (χ2v) is 5.54. The van der Waals surface area contributed by atoms with Gasteiger partial charge in [-0.25, -0.2) is 0 Å². The van der Waals surface area contributed by atoms with E-state index < -0.39 is 10.8 Å². The van der Waals surface area contributed by atoms with Crippen molar-refractivity contribution >= 4 is 28.9 Å². The highest BCUT2D eigenvalue weighted by Crippen LogP contribution is 2.36. The highest BCUT2D eigenvalue weighted by molar-refractivity contribution is 6.32. The fourth-order valence-corrected chi connectivity index (χ4v) is 2.45. The van der Waals surface area contributed by atoms with Crippen LogP contribution in [-0.2, 0) is 0 Å². The molecule has 0 spiro atoms. The number of methoxy groups -OCH3 is 1. The van der Waals surface area contributed by atoms with Crippen LogP contribution in [0.5, 0.6) is 11.5 Å². The van der Waals surface area contributed by atoms with Gasteiger partial charge in [-0.05, 0) is 31.5 Å². The van der Waals surface area contributed by atoms with Crippen molar-refractivity contribution in [2.24, 2.45) is 0 Å². The number of anilines is 1. The quantitative estimate of drug-likeness (QED) is 0.612. The predicted molar refractivity (Wildman–Crippen MR) is 95.0 cm³/mol. The molecule has 2 aromatic carbocycles. The topological polar surface area (TPSA) is 90.7 Å². The number of non-ortho nitro benzene ring substituents is 1. The van der Waals surface area contributed by atoms with E-state index in [1.54, 1.807) is 13.0 Å². The molecule has 0 atom stereocenters. The Labute approximate surface area is 149 Å². The average Bonchev–Trinajstić information content (AvgIpc) is 2.58. The van der Waals surface area contributed by atoms with E-state index in [1.807, 2.05) is 6.92 Å². The first kappa shape index (κ1) is 18.5. The highest BCUT2D eigenvalue weighted by Gasteiger charge is 2.17. The normalized spacial score (nSPS) is 10.2. The Bertz CT molecular complexity index is 823. The molecule has 132 valence electrons. The average molecular weight is 365 g/mol. The third kappa shape index (κ3) is 4.19. The van der Waals surface area contributed by atoms with Crippen LogP contribution in [0.3, 0.4) is 0 Å². The zero-order valence-corrected chi connectivity index (χ0v) is 14.7. The number of rotatable bonds is 6. The van der Waals surface area contributed by atoms with Gasteiger partial charge in [0.05, 0.1) is 29.4 Å². The van der Waals surface area contributed by atoms with Crippen molar-refractivity contribution in [1.29, 1.82) is 0 Å². The molecule has 0 aliphatic heterocycles. The molecule has 1 amide bonds. The van der Waals surface area contributed by atoms with Gasteiger partial charge >= 0.3 is 0 Å². The summed E-state index contributed by atoms with van der Waals surface area (Å²) in [6, 6.07) is 7.21. The van der Waals surface area contributed by atoms with Gasteiger partial charge in [-0.3, -0.25) is 14.9 Å². The second-order valence-electron chi connectivity index (χ2n) is 5.13. The largest absolute Gasteiger partial charge is 0.493 e. The first-order valence-corrected chi connectivity index (χ1v) is 7.81. The summed E-state index contributed by atoms with van der Waals surface area (Å²) in [4.78, 5) is 22.9. The van der Waals surface area contributed by atoms with E-state index in [4.69, 9.17) is 21.1 Å². The van der Waals surface area contributed by atoms with E-state index >= 15 is 0 Å². The molecule has 0 radical (unpaired) electrons. The molecular weight excluding hydrogens is 348 g/mol. The molecule has 0 aliphatic rings. The van der Waals surface area contributed by atoms with Crippen LogP contribution < -0.4 is 14.8 Å². The number of benzene rings is 2. The molecule has 0 aromatic heterocycles. The Kier molecular flexibility index (Phi) is 5.82. The summed E-state index contributed by atoms with van der Waals surface area (Å²) in [7, 11) is 1.45. The summed E-state index contributed by atoms with van der Waals surface area (Å²) in [6.45, 7) is 3.95. The molecule has 2 rings (SSSR count). The van der Waals surface area contributed by atoms with Gasteiger partial charge < -0.3 is 14.8 Å². The lowest BCUT2D eigenvalue weighted by molar-refractivity contribution is -0.384. The number of carbonyl (C=O) groups is 1. The molecule has 0 heterocycles. The Hall–Kier alpha value is -2.80. The number of halogens is 1. The number of nitrogens with zero attached hydrogens (tertiary/aromatic N) is 1. The maximum absolute atomic E-state index is 12.5. The molecule has 0 saturated heterocycles. The number of nitrogens with one attached hydrogen (secondary N) is 1. The second kappa shape index (κ2) is 7.85. The number of nitro benzene ring substituents is 1. The smallest absolute Gasteiger partial charge is 0.271 e. The summed E-state index contributed by atoms with van der Waals surface area (Å²) in [6.07, 6.45) is 0. The monoisotopic (exact) mass is 364 g/mol. The fraction of sp³-hybridized carbons (Fsp3) is 0.235. The maximum atomic E-state index is 12.5. The molecule has 1 N–H and O–H groups in total. The number of aryl methyl sites for hydroxylation is 1. The van der Waals surface area contributed by atoms with Crippen molar-refractivity contribution in [1.82, 2.24) is 0 Å². The lowest BCUT2D eigenvalue weighted by Gasteiger charge is -2.13. The van der Waals surface area contributed by atoms with Crippen LogP contribution in [0.4, 0.5) is 11.4 Å². The lowest BCUT2D eigenvalue weighted by Crippen LogP contribution is -2.13. The standard InChI is InChI=1S/C17H17ClN2O5/c1-4-25-16-13(18)7-11(8-15(16)24-3)17(21)19-14-9-12(20(22)23)6-5-10(14)2/h5-9H,4H2,1-3H3,(H,19,21). The van der Waals surface area contributed by atoms with Crippen LogP contribution in [0.25, 0.3) is 0 Å². The van der Waals surface area contributed by atoms with E-state index in [0.717, 1.165) is 0 Å². The molecule has 25 heavy (non-hydrogen) atoms. The van der Waals surface area contributed by atoms with Crippen molar-refractivity contribution in [3.63, 3.8) is 0 Å². The van der Waals surface area contributed by atoms with Crippen LogP contribution in [-0.4, -0.2) is 24.5 Å². The third-order valence-electron chi connectivity index (χ3n) is 3.46. The first-order chi connectivity index (χ1) is 11.9. The van der Waals surface area contributed by atoms with Gasteiger partial charge in [0.25, 0.3) is 11.6 Å². The minimum absolute atomic E-state index is 0.108. The van der Waals surface area contributed by atoms with Gasteiger partial charge in [-0.1, -0.05) is 17.7 Å². The summed E-state index contributed by atoms with van der Waals surface area (Å²) >= 11 is 6.16. The molecule has 8 heteroatoms. The highest BCUT2D eigenvalue weighted by atomic mass is 35.5. The summed E-state index contributed by atoms with van der Waals surface area (Å²) in [5, 5.41) is 13.8. The van der Waals surface area contributed by atoms with Gasteiger partial charge in [0.15, 0.2) is 11.5 Å². The van der Waals surface area contributed by atoms with E-state index in [9.17, 15) is 14.9 Å². The summed E-state index contributed by atoms with van der Waals surface area (Å²) < 4.78 is 10.6. The maximum Gasteiger partial charge on any atom is 0.271 e. The number of nitro groups is 1. The first-order valence-electron chi connectivity index (χ1n) is 7.44. The number of carbonyl (C=O) groups excluding carboxylic acids is 1. The molecule has 2 aromatic rings. The Morgan fingerprint density at radius 2 is 2.04 bits per heavy atom. The zero-order valence-electron chi connectivity index (χ0n) is 14.0. The molecule has 0 saturated carbocycles. The molecule has 0 bridgehead atoms. The van der Waals surface area contributed by atoms with Crippen molar-refractivity contribution in [3.8, 4) is 11.5 Å². The molecule has 0 aliphatic carbocycles. The Morgan fingerprint density at radius 1 is 1.32 bits per heavy atom. The SMILES string of the molecule is CCOc1c(Cl)cc(C(=O)Nc2cc([N+](=O)[O-])ccc2C)cc1OC. The molecule has 7 nitrogen and oxygen atoms in total. The number of ether oxygens (including phenoxy) is 2.